The van der Waals surface area contributed by atoms with Gasteiger partial charge in [0.15, 0.2) is 0 Å². The molecule has 1 fully saturated rings. The third-order valence-corrected chi connectivity index (χ3v) is 3.78. The molecule has 1 atom stereocenters. The summed E-state index contributed by atoms with van der Waals surface area (Å²) in [6.45, 7) is 1.16. The number of nitrogens with zero attached hydrogens (tertiary/aromatic N) is 2. The minimum absolute atomic E-state index is 0.00998. The summed E-state index contributed by atoms with van der Waals surface area (Å²) in [6, 6.07) is 9.41. The van der Waals surface area contributed by atoms with Crippen molar-refractivity contribution < 1.29 is 4.79 Å². The van der Waals surface area contributed by atoms with Crippen molar-refractivity contribution in [2.45, 2.75) is 19.0 Å². The Bertz CT molecular complexity index is 644. The Morgan fingerprint density at radius 2 is 2.21 bits per heavy atom. The van der Waals surface area contributed by atoms with E-state index in [4.69, 9.17) is 17.3 Å². The second-order valence-corrected chi connectivity index (χ2v) is 5.14. The average Bonchev–Trinajstić information content (AvgIpc) is 2.71. The molecule has 4 nitrogen and oxygen atoms in total. The number of para-hydroxylation sites is 1. The highest BCUT2D eigenvalue weighted by molar-refractivity contribution is 6.30. The highest BCUT2D eigenvalue weighted by Crippen LogP contribution is 2.23. The van der Waals surface area contributed by atoms with E-state index in [-0.39, 0.29) is 11.9 Å². The number of hydrogen-bond donors (Lipinski definition) is 1. The topological polar surface area (TPSA) is 59.2 Å². The number of rotatable bonds is 2. The zero-order valence-electron chi connectivity index (χ0n) is 10.3. The zero-order valence-corrected chi connectivity index (χ0v) is 11.1. The zero-order chi connectivity index (χ0) is 13.4. The largest absolute Gasteiger partial charge is 0.337 e. The molecule has 19 heavy (non-hydrogen) atoms. The number of benzene rings is 1. The molecular weight excluding hydrogens is 262 g/mol. The summed E-state index contributed by atoms with van der Waals surface area (Å²) < 4.78 is 0. The van der Waals surface area contributed by atoms with Crippen molar-refractivity contribution in [1.82, 2.24) is 9.88 Å². The smallest absolute Gasteiger partial charge is 0.239 e. The number of nitrogens with two attached hydrogens (primary N) is 1. The number of hydrogen-bond acceptors (Lipinski definition) is 3. The Labute approximate surface area is 116 Å². The number of likely N-dealkylation sites (tertiary alicyclic amines) is 1. The fourth-order valence-electron chi connectivity index (χ4n) is 2.37. The van der Waals surface area contributed by atoms with Crippen LogP contribution in [0.25, 0.3) is 10.9 Å². The van der Waals surface area contributed by atoms with E-state index in [0.717, 1.165) is 16.5 Å². The third-order valence-electron chi connectivity index (χ3n) is 3.45. The molecular formula is C14H14ClN3O. The molecule has 1 amide bonds. The van der Waals surface area contributed by atoms with Crippen LogP contribution in [0.3, 0.4) is 0 Å². The lowest BCUT2D eigenvalue weighted by molar-refractivity contribution is -0.129. The third kappa shape index (κ3) is 2.29. The molecule has 5 heteroatoms. The Hall–Kier alpha value is -1.65. The number of halogens is 1. The fourth-order valence-corrected chi connectivity index (χ4v) is 2.58. The second-order valence-electron chi connectivity index (χ2n) is 4.79. The first-order valence-electron chi connectivity index (χ1n) is 6.23. The van der Waals surface area contributed by atoms with Gasteiger partial charge in [0.05, 0.1) is 11.6 Å². The van der Waals surface area contributed by atoms with Crippen molar-refractivity contribution in [3.05, 3.63) is 41.0 Å². The molecule has 1 saturated heterocycles. The molecule has 0 saturated carbocycles. The molecule has 1 aromatic carbocycles. The van der Waals surface area contributed by atoms with Crippen LogP contribution < -0.4 is 5.73 Å². The second kappa shape index (κ2) is 4.79. The van der Waals surface area contributed by atoms with Gasteiger partial charge in [-0.1, -0.05) is 29.8 Å². The predicted molar refractivity (Wildman–Crippen MR) is 74.8 cm³/mol. The average molecular weight is 276 g/mol. The fraction of sp³-hybridized carbons (Fsp3) is 0.286. The summed E-state index contributed by atoms with van der Waals surface area (Å²) >= 11 is 6.19. The molecule has 0 spiro atoms. The van der Waals surface area contributed by atoms with Crippen LogP contribution in [-0.2, 0) is 11.3 Å². The van der Waals surface area contributed by atoms with Crippen molar-refractivity contribution in [1.29, 1.82) is 0 Å². The van der Waals surface area contributed by atoms with E-state index in [1.54, 1.807) is 4.90 Å². The minimum Gasteiger partial charge on any atom is -0.337 e. The number of aromatic nitrogens is 1. The Morgan fingerprint density at radius 3 is 2.95 bits per heavy atom. The minimum atomic E-state index is -0.368. The van der Waals surface area contributed by atoms with Gasteiger partial charge < -0.3 is 10.6 Å². The van der Waals surface area contributed by atoms with Crippen LogP contribution in [0.4, 0.5) is 0 Å². The molecule has 3 rings (SSSR count). The summed E-state index contributed by atoms with van der Waals surface area (Å²) in [6.07, 6.45) is 0.706. The maximum absolute atomic E-state index is 11.8. The molecule has 2 heterocycles. The van der Waals surface area contributed by atoms with Crippen LogP contribution in [0.5, 0.6) is 0 Å². The molecule has 1 aliphatic heterocycles. The maximum Gasteiger partial charge on any atom is 0.239 e. The van der Waals surface area contributed by atoms with Gasteiger partial charge in [0.1, 0.15) is 5.15 Å². The lowest BCUT2D eigenvalue weighted by Gasteiger charge is -2.17. The van der Waals surface area contributed by atoms with Crippen molar-refractivity contribution in [2.75, 3.05) is 6.54 Å². The normalized spacial score (nSPS) is 19.4. The molecule has 2 aromatic rings. The molecule has 0 bridgehead atoms. The SMILES string of the molecule is N[C@H]1CCN(Cc2cc3ccccc3nc2Cl)C1=O. The lowest BCUT2D eigenvalue weighted by atomic mass is 10.1. The van der Waals surface area contributed by atoms with Gasteiger partial charge in [-0.25, -0.2) is 4.98 Å². The Balaban J connectivity index is 1.92. The van der Waals surface area contributed by atoms with Gasteiger partial charge in [0.2, 0.25) is 5.91 Å². The van der Waals surface area contributed by atoms with Crippen molar-refractivity contribution in [3.8, 4) is 0 Å². The van der Waals surface area contributed by atoms with Crippen molar-refractivity contribution >= 4 is 28.4 Å². The quantitative estimate of drug-likeness (QED) is 0.852. The first-order chi connectivity index (χ1) is 9.15. The lowest BCUT2D eigenvalue weighted by Crippen LogP contribution is -2.33. The first-order valence-corrected chi connectivity index (χ1v) is 6.61. The van der Waals surface area contributed by atoms with E-state index >= 15 is 0 Å². The van der Waals surface area contributed by atoms with Crippen LogP contribution in [0.15, 0.2) is 30.3 Å². The number of fused-ring (bicyclic) bond motifs is 1. The van der Waals surface area contributed by atoms with Crippen LogP contribution in [0.1, 0.15) is 12.0 Å². The van der Waals surface area contributed by atoms with Gasteiger partial charge in [-0.15, -0.1) is 0 Å². The van der Waals surface area contributed by atoms with E-state index in [1.807, 2.05) is 30.3 Å². The maximum atomic E-state index is 11.8. The van der Waals surface area contributed by atoms with E-state index in [9.17, 15) is 4.79 Å². The monoisotopic (exact) mass is 275 g/mol. The highest BCUT2D eigenvalue weighted by Gasteiger charge is 2.28. The van der Waals surface area contributed by atoms with E-state index < -0.39 is 0 Å². The van der Waals surface area contributed by atoms with Gasteiger partial charge in [-0.2, -0.15) is 0 Å². The van der Waals surface area contributed by atoms with Gasteiger partial charge in [-0.05, 0) is 18.6 Å². The molecule has 2 N–H and O–H groups in total. The molecule has 1 aromatic heterocycles. The van der Waals surface area contributed by atoms with E-state index in [1.165, 1.54) is 0 Å². The molecule has 0 aliphatic carbocycles. The highest BCUT2D eigenvalue weighted by atomic mass is 35.5. The van der Waals surface area contributed by atoms with Crippen LogP contribution in [0, 0.1) is 0 Å². The summed E-state index contributed by atoms with van der Waals surface area (Å²) in [5.41, 5.74) is 7.44. The van der Waals surface area contributed by atoms with Gasteiger partial charge >= 0.3 is 0 Å². The van der Waals surface area contributed by atoms with E-state index in [2.05, 4.69) is 4.98 Å². The summed E-state index contributed by atoms with van der Waals surface area (Å²) in [5.74, 6) is -0.00998. The van der Waals surface area contributed by atoms with Crippen LogP contribution >= 0.6 is 11.6 Å². The Morgan fingerprint density at radius 1 is 1.42 bits per heavy atom. The first kappa shape index (κ1) is 12.4. The predicted octanol–water partition coefficient (Wildman–Crippen LogP) is 1.95. The van der Waals surface area contributed by atoms with Gasteiger partial charge in [0, 0.05) is 24.0 Å². The molecule has 0 unspecified atom stereocenters. The molecule has 0 radical (unpaired) electrons. The number of carbonyl (C=O) groups excluding carboxylic acids is 1. The molecule has 98 valence electrons. The number of amides is 1. The number of carbonyl (C=O) groups is 1. The summed E-state index contributed by atoms with van der Waals surface area (Å²) in [4.78, 5) is 17.9. The van der Waals surface area contributed by atoms with Crippen molar-refractivity contribution in [3.63, 3.8) is 0 Å². The summed E-state index contributed by atoms with van der Waals surface area (Å²) in [5, 5.41) is 1.48. The summed E-state index contributed by atoms with van der Waals surface area (Å²) in [7, 11) is 0. The van der Waals surface area contributed by atoms with Gasteiger partial charge in [0.25, 0.3) is 0 Å². The molecule has 1 aliphatic rings. The van der Waals surface area contributed by atoms with Crippen LogP contribution in [-0.4, -0.2) is 28.4 Å². The van der Waals surface area contributed by atoms with Gasteiger partial charge in [-0.3, -0.25) is 4.79 Å². The standard InChI is InChI=1S/C14H14ClN3O/c15-13-10(8-18-6-5-11(16)14(18)19)7-9-3-1-2-4-12(9)17-13/h1-4,7,11H,5-6,8,16H2/t11-/m0/s1. The van der Waals surface area contributed by atoms with Crippen molar-refractivity contribution in [2.24, 2.45) is 5.73 Å². The van der Waals surface area contributed by atoms with E-state index in [0.29, 0.717) is 24.7 Å². The van der Waals surface area contributed by atoms with Crippen LogP contribution in [0.2, 0.25) is 5.15 Å². The Kier molecular flexibility index (Phi) is 3.12. The number of pyridine rings is 1.